The molecule has 0 unspecified atom stereocenters. The number of carbonyl (C=O) groups is 1. The molecule has 0 bridgehead atoms. The summed E-state index contributed by atoms with van der Waals surface area (Å²) in [6, 6.07) is 8.30. The van der Waals surface area contributed by atoms with Crippen LogP contribution in [0, 0.1) is 0 Å². The summed E-state index contributed by atoms with van der Waals surface area (Å²) in [6.45, 7) is 7.40. The molecule has 1 saturated heterocycles. The quantitative estimate of drug-likeness (QED) is 0.882. The fraction of sp³-hybridized carbons (Fsp3) is 0.588. The largest absolute Gasteiger partial charge is 0.339 e. The number of piperazine rings is 1. The van der Waals surface area contributed by atoms with E-state index >= 15 is 0 Å². The van der Waals surface area contributed by atoms with E-state index in [1.165, 1.54) is 5.56 Å². The van der Waals surface area contributed by atoms with Crippen LogP contribution in [0.2, 0.25) is 0 Å². The highest BCUT2D eigenvalue weighted by Gasteiger charge is 2.41. The van der Waals surface area contributed by atoms with Crippen LogP contribution in [0.1, 0.15) is 37.8 Å². The number of nitrogens with zero attached hydrogens (tertiary/aromatic N) is 1. The van der Waals surface area contributed by atoms with E-state index in [0.717, 1.165) is 44.6 Å². The van der Waals surface area contributed by atoms with Gasteiger partial charge >= 0.3 is 0 Å². The predicted octanol–water partition coefficient (Wildman–Crippen LogP) is 1.34. The molecule has 1 aromatic rings. The van der Waals surface area contributed by atoms with Crippen LogP contribution in [0.15, 0.2) is 24.3 Å². The van der Waals surface area contributed by atoms with E-state index in [4.69, 9.17) is 5.73 Å². The fourth-order valence-electron chi connectivity index (χ4n) is 3.03. The van der Waals surface area contributed by atoms with Gasteiger partial charge in [-0.3, -0.25) is 4.79 Å². The van der Waals surface area contributed by atoms with Gasteiger partial charge in [-0.25, -0.2) is 0 Å². The van der Waals surface area contributed by atoms with Crippen molar-refractivity contribution in [3.8, 4) is 0 Å². The van der Waals surface area contributed by atoms with Crippen molar-refractivity contribution >= 4 is 5.91 Å². The lowest BCUT2D eigenvalue weighted by Gasteiger charge is -2.35. The topological polar surface area (TPSA) is 58.4 Å². The van der Waals surface area contributed by atoms with Gasteiger partial charge in [0, 0.05) is 31.7 Å². The molecule has 1 amide bonds. The maximum atomic E-state index is 12.9. The molecule has 1 aliphatic heterocycles. The summed E-state index contributed by atoms with van der Waals surface area (Å²) in [4.78, 5) is 14.8. The Morgan fingerprint density at radius 2 is 1.95 bits per heavy atom. The second-order valence-electron chi connectivity index (χ2n) is 6.90. The Morgan fingerprint density at radius 1 is 1.29 bits per heavy atom. The van der Waals surface area contributed by atoms with Crippen molar-refractivity contribution in [2.45, 2.75) is 37.6 Å². The smallest absolute Gasteiger partial charge is 0.232 e. The van der Waals surface area contributed by atoms with E-state index in [0.29, 0.717) is 0 Å². The minimum Gasteiger partial charge on any atom is -0.339 e. The van der Waals surface area contributed by atoms with Gasteiger partial charge in [0.2, 0.25) is 5.91 Å². The van der Waals surface area contributed by atoms with Gasteiger partial charge in [0.1, 0.15) is 0 Å². The highest BCUT2D eigenvalue weighted by molar-refractivity contribution is 5.87. The number of benzene rings is 1. The van der Waals surface area contributed by atoms with Crippen LogP contribution >= 0.6 is 0 Å². The third-order valence-corrected chi connectivity index (χ3v) is 4.89. The molecule has 21 heavy (non-hydrogen) atoms. The zero-order valence-corrected chi connectivity index (χ0v) is 13.0. The van der Waals surface area contributed by atoms with E-state index in [1.807, 2.05) is 24.8 Å². The number of hydrogen-bond acceptors (Lipinski definition) is 3. The molecule has 1 aliphatic carbocycles. The lowest BCUT2D eigenvalue weighted by atomic mass is 9.81. The van der Waals surface area contributed by atoms with E-state index in [2.05, 4.69) is 23.5 Å². The molecule has 4 heteroatoms. The summed E-state index contributed by atoms with van der Waals surface area (Å²) < 4.78 is 0. The predicted molar refractivity (Wildman–Crippen MR) is 84.0 cm³/mol. The van der Waals surface area contributed by atoms with Crippen molar-refractivity contribution in [3.63, 3.8) is 0 Å². The molecule has 1 saturated carbocycles. The van der Waals surface area contributed by atoms with Gasteiger partial charge in [-0.15, -0.1) is 0 Å². The monoisotopic (exact) mass is 287 g/mol. The molecule has 1 aromatic carbocycles. The van der Waals surface area contributed by atoms with Crippen LogP contribution in [0.4, 0.5) is 0 Å². The van der Waals surface area contributed by atoms with Crippen LogP contribution in [-0.2, 0) is 15.7 Å². The van der Waals surface area contributed by atoms with Crippen molar-refractivity contribution in [2.24, 2.45) is 5.73 Å². The molecule has 2 fully saturated rings. The summed E-state index contributed by atoms with van der Waals surface area (Å²) >= 11 is 0. The molecule has 0 radical (unpaired) electrons. The average molecular weight is 287 g/mol. The molecule has 2 aliphatic rings. The lowest BCUT2D eigenvalue weighted by Crippen LogP contribution is -2.51. The second kappa shape index (κ2) is 5.11. The van der Waals surface area contributed by atoms with Gasteiger partial charge in [-0.05, 0) is 37.8 Å². The van der Waals surface area contributed by atoms with Gasteiger partial charge in [-0.2, -0.15) is 0 Å². The second-order valence-corrected chi connectivity index (χ2v) is 6.90. The molecule has 1 heterocycles. The normalized spacial score (nSPS) is 21.2. The SMILES string of the molecule is CC(C)(C(=O)N1CCNCC1)c1cccc(C2(N)CC2)c1. The van der Waals surface area contributed by atoms with Gasteiger partial charge in [0.15, 0.2) is 0 Å². The van der Waals surface area contributed by atoms with Crippen molar-refractivity contribution in [1.29, 1.82) is 0 Å². The molecule has 3 N–H and O–H groups in total. The summed E-state index contributed by atoms with van der Waals surface area (Å²) in [5.74, 6) is 0.211. The van der Waals surface area contributed by atoms with Gasteiger partial charge in [0.05, 0.1) is 5.41 Å². The van der Waals surface area contributed by atoms with Gasteiger partial charge in [-0.1, -0.05) is 24.3 Å². The summed E-state index contributed by atoms with van der Waals surface area (Å²) in [5.41, 5.74) is 7.88. The minimum absolute atomic E-state index is 0.149. The Morgan fingerprint density at radius 3 is 2.57 bits per heavy atom. The molecule has 0 spiro atoms. The van der Waals surface area contributed by atoms with Crippen LogP contribution in [0.5, 0.6) is 0 Å². The Kier molecular flexibility index (Phi) is 3.54. The van der Waals surface area contributed by atoms with Gasteiger partial charge in [0.25, 0.3) is 0 Å². The number of rotatable bonds is 3. The minimum atomic E-state index is -0.501. The molecular formula is C17H25N3O. The first kappa shape index (κ1) is 14.5. The Bertz CT molecular complexity index is 543. The first-order valence-electron chi connectivity index (χ1n) is 7.83. The number of nitrogens with two attached hydrogens (primary N) is 1. The summed E-state index contributed by atoms with van der Waals surface area (Å²) in [5, 5.41) is 3.29. The van der Waals surface area contributed by atoms with E-state index in [-0.39, 0.29) is 11.4 Å². The Labute approximate surface area is 126 Å². The zero-order chi connectivity index (χ0) is 15.1. The maximum Gasteiger partial charge on any atom is 0.232 e. The van der Waals surface area contributed by atoms with Crippen molar-refractivity contribution in [2.75, 3.05) is 26.2 Å². The molecule has 4 nitrogen and oxygen atoms in total. The van der Waals surface area contributed by atoms with Crippen molar-refractivity contribution in [1.82, 2.24) is 10.2 Å². The molecule has 3 rings (SSSR count). The van der Waals surface area contributed by atoms with Crippen molar-refractivity contribution < 1.29 is 4.79 Å². The number of hydrogen-bond donors (Lipinski definition) is 2. The van der Waals surface area contributed by atoms with Crippen LogP contribution in [-0.4, -0.2) is 37.0 Å². The lowest BCUT2D eigenvalue weighted by molar-refractivity contribution is -0.136. The summed E-state index contributed by atoms with van der Waals surface area (Å²) in [6.07, 6.45) is 2.09. The number of amides is 1. The molecule has 0 aromatic heterocycles. The molecular weight excluding hydrogens is 262 g/mol. The van der Waals surface area contributed by atoms with Crippen LogP contribution in [0.25, 0.3) is 0 Å². The average Bonchev–Trinajstić information content (AvgIpc) is 3.27. The highest BCUT2D eigenvalue weighted by Crippen LogP contribution is 2.43. The van der Waals surface area contributed by atoms with E-state index in [1.54, 1.807) is 0 Å². The first-order chi connectivity index (χ1) is 9.93. The zero-order valence-electron chi connectivity index (χ0n) is 13.0. The highest BCUT2D eigenvalue weighted by atomic mass is 16.2. The van der Waals surface area contributed by atoms with E-state index in [9.17, 15) is 4.79 Å². The van der Waals surface area contributed by atoms with Crippen molar-refractivity contribution in [3.05, 3.63) is 35.4 Å². The standard InChI is InChI=1S/C17H25N3O/c1-16(2,15(21)20-10-8-19-9-11-20)13-4-3-5-14(12-13)17(18)6-7-17/h3-5,12,19H,6-11,18H2,1-2H3. The fourth-order valence-corrected chi connectivity index (χ4v) is 3.03. The number of carbonyl (C=O) groups excluding carboxylic acids is 1. The first-order valence-corrected chi connectivity index (χ1v) is 7.83. The van der Waals surface area contributed by atoms with Crippen LogP contribution < -0.4 is 11.1 Å². The van der Waals surface area contributed by atoms with Gasteiger partial charge < -0.3 is 16.0 Å². The Hall–Kier alpha value is -1.39. The molecule has 0 atom stereocenters. The third-order valence-electron chi connectivity index (χ3n) is 4.89. The Balaban J connectivity index is 1.85. The number of nitrogens with one attached hydrogen (secondary N) is 1. The summed E-state index contributed by atoms with van der Waals surface area (Å²) in [7, 11) is 0. The molecule has 114 valence electrons. The van der Waals surface area contributed by atoms with E-state index < -0.39 is 5.41 Å². The van der Waals surface area contributed by atoms with Crippen LogP contribution in [0.3, 0.4) is 0 Å². The third kappa shape index (κ3) is 2.70. The maximum absolute atomic E-state index is 12.9.